The van der Waals surface area contributed by atoms with Crippen LogP contribution >= 0.6 is 0 Å². The highest BCUT2D eigenvalue weighted by Crippen LogP contribution is 2.23. The van der Waals surface area contributed by atoms with Crippen LogP contribution in [0.1, 0.15) is 30.9 Å². The average molecular weight is 262 g/mol. The first-order valence-electron chi connectivity index (χ1n) is 6.96. The highest BCUT2D eigenvalue weighted by molar-refractivity contribution is 5.66. The van der Waals surface area contributed by atoms with Crippen LogP contribution < -0.4 is 10.6 Å². The first-order chi connectivity index (χ1) is 9.15. The second-order valence-corrected chi connectivity index (χ2v) is 5.22. The summed E-state index contributed by atoms with van der Waals surface area (Å²) < 4.78 is 0. The Morgan fingerprint density at radius 1 is 1.53 bits per heavy atom. The summed E-state index contributed by atoms with van der Waals surface area (Å²) in [6, 6.07) is 6.99. The van der Waals surface area contributed by atoms with Gasteiger partial charge >= 0.3 is 5.97 Å². The van der Waals surface area contributed by atoms with Crippen LogP contribution in [0.25, 0.3) is 0 Å². The Balaban J connectivity index is 1.75. The van der Waals surface area contributed by atoms with Crippen molar-refractivity contribution in [1.82, 2.24) is 5.32 Å². The third-order valence-electron chi connectivity index (χ3n) is 3.48. The fourth-order valence-corrected chi connectivity index (χ4v) is 2.50. The molecule has 0 bridgehead atoms. The van der Waals surface area contributed by atoms with Gasteiger partial charge in [-0.05, 0) is 49.9 Å². The molecule has 0 aliphatic carbocycles. The fraction of sp³-hybridized carbons (Fsp3) is 0.533. The van der Waals surface area contributed by atoms with Crippen molar-refractivity contribution >= 4 is 11.7 Å². The molecule has 0 spiro atoms. The van der Waals surface area contributed by atoms with E-state index in [0.29, 0.717) is 12.5 Å². The van der Waals surface area contributed by atoms with Crippen LogP contribution in [-0.4, -0.2) is 30.2 Å². The number of hydrogen-bond acceptors (Lipinski definition) is 3. The summed E-state index contributed by atoms with van der Waals surface area (Å²) in [6.45, 7) is 3.95. The minimum absolute atomic E-state index is 0.240. The third-order valence-corrected chi connectivity index (χ3v) is 3.48. The maximum atomic E-state index is 10.4. The molecule has 1 unspecified atom stereocenters. The number of aliphatic carboxylic acids is 1. The Kier molecular flexibility index (Phi) is 4.80. The third kappa shape index (κ3) is 4.24. The van der Waals surface area contributed by atoms with Gasteiger partial charge in [0.15, 0.2) is 0 Å². The van der Waals surface area contributed by atoms with Gasteiger partial charge in [0, 0.05) is 24.7 Å². The van der Waals surface area contributed by atoms with E-state index < -0.39 is 5.97 Å². The Bertz CT molecular complexity index is 446. The van der Waals surface area contributed by atoms with Crippen molar-refractivity contribution in [2.45, 2.75) is 38.6 Å². The summed E-state index contributed by atoms with van der Waals surface area (Å²) in [6.07, 6.45) is 3.03. The minimum Gasteiger partial charge on any atom is -0.481 e. The Hall–Kier alpha value is -1.55. The van der Waals surface area contributed by atoms with Crippen molar-refractivity contribution in [3.8, 4) is 0 Å². The molecule has 1 aromatic rings. The highest BCUT2D eigenvalue weighted by Gasteiger charge is 2.11. The highest BCUT2D eigenvalue weighted by atomic mass is 16.4. The molecular formula is C15H22N2O2. The summed E-state index contributed by atoms with van der Waals surface area (Å²) >= 11 is 0. The van der Waals surface area contributed by atoms with Crippen molar-refractivity contribution in [1.29, 1.82) is 0 Å². The molecule has 1 heterocycles. The van der Waals surface area contributed by atoms with Crippen LogP contribution in [0.3, 0.4) is 0 Å². The van der Waals surface area contributed by atoms with Gasteiger partial charge in [0.1, 0.15) is 0 Å². The van der Waals surface area contributed by atoms with Gasteiger partial charge in [0.25, 0.3) is 0 Å². The van der Waals surface area contributed by atoms with Crippen molar-refractivity contribution in [2.24, 2.45) is 0 Å². The molecule has 19 heavy (non-hydrogen) atoms. The van der Waals surface area contributed by atoms with Gasteiger partial charge in [-0.3, -0.25) is 4.79 Å². The monoisotopic (exact) mass is 262 g/mol. The largest absolute Gasteiger partial charge is 0.481 e. The first kappa shape index (κ1) is 13.9. The smallest absolute Gasteiger partial charge is 0.303 e. The predicted molar refractivity (Wildman–Crippen MR) is 76.7 cm³/mol. The molecule has 0 saturated carbocycles. The molecule has 4 heteroatoms. The lowest BCUT2D eigenvalue weighted by Gasteiger charge is -2.14. The first-order valence-corrected chi connectivity index (χ1v) is 6.96. The van der Waals surface area contributed by atoms with Gasteiger partial charge in [-0.25, -0.2) is 0 Å². The zero-order valence-electron chi connectivity index (χ0n) is 11.4. The number of nitrogens with one attached hydrogen (secondary N) is 2. The Labute approximate surface area is 114 Å². The Morgan fingerprint density at radius 3 is 3.16 bits per heavy atom. The normalized spacial score (nSPS) is 14.8. The van der Waals surface area contributed by atoms with Gasteiger partial charge in [0.05, 0.1) is 0 Å². The quantitative estimate of drug-likeness (QED) is 0.658. The molecule has 1 atom stereocenters. The van der Waals surface area contributed by atoms with Crippen molar-refractivity contribution < 1.29 is 9.90 Å². The van der Waals surface area contributed by atoms with Gasteiger partial charge in [-0.2, -0.15) is 0 Å². The van der Waals surface area contributed by atoms with Crippen molar-refractivity contribution in [2.75, 3.05) is 18.4 Å². The van der Waals surface area contributed by atoms with E-state index in [4.69, 9.17) is 5.11 Å². The molecule has 0 fully saturated rings. The van der Waals surface area contributed by atoms with E-state index in [-0.39, 0.29) is 6.42 Å². The summed E-state index contributed by atoms with van der Waals surface area (Å²) in [4.78, 5) is 10.4. The topological polar surface area (TPSA) is 61.4 Å². The van der Waals surface area contributed by atoms with Crippen LogP contribution in [-0.2, 0) is 17.6 Å². The standard InChI is InChI=1S/C15H22N2O2/c1-11(16-7-2-3-15(18)19)9-12-4-5-14-13(10-12)6-8-17-14/h4-5,10-11,16-17H,2-3,6-9H2,1H3,(H,18,19). The van der Waals surface area contributed by atoms with E-state index in [1.807, 2.05) is 0 Å². The van der Waals surface area contributed by atoms with E-state index in [2.05, 4.69) is 35.8 Å². The predicted octanol–water partition coefficient (Wildman–Crippen LogP) is 2.04. The fourth-order valence-electron chi connectivity index (χ4n) is 2.50. The summed E-state index contributed by atoms with van der Waals surface area (Å²) in [5, 5.41) is 15.3. The maximum Gasteiger partial charge on any atom is 0.303 e. The minimum atomic E-state index is -0.722. The van der Waals surface area contributed by atoms with Gasteiger partial charge in [-0.1, -0.05) is 12.1 Å². The summed E-state index contributed by atoms with van der Waals surface area (Å²) in [7, 11) is 0. The molecule has 104 valence electrons. The zero-order valence-corrected chi connectivity index (χ0v) is 11.4. The number of fused-ring (bicyclic) bond motifs is 1. The number of anilines is 1. The van der Waals surface area contributed by atoms with E-state index in [1.54, 1.807) is 0 Å². The average Bonchev–Trinajstić information content (AvgIpc) is 2.82. The number of carboxylic acids is 1. The number of carboxylic acid groups (broad SMARTS) is 1. The molecular weight excluding hydrogens is 240 g/mol. The molecule has 0 saturated heterocycles. The van der Waals surface area contributed by atoms with Crippen LogP contribution in [0.15, 0.2) is 18.2 Å². The van der Waals surface area contributed by atoms with Crippen LogP contribution in [0.5, 0.6) is 0 Å². The molecule has 0 aromatic heterocycles. The van der Waals surface area contributed by atoms with Crippen LogP contribution in [0.4, 0.5) is 5.69 Å². The molecule has 1 aliphatic rings. The van der Waals surface area contributed by atoms with Gasteiger partial charge < -0.3 is 15.7 Å². The van der Waals surface area contributed by atoms with Crippen molar-refractivity contribution in [3.05, 3.63) is 29.3 Å². The van der Waals surface area contributed by atoms with Gasteiger partial charge in [0.2, 0.25) is 0 Å². The molecule has 4 nitrogen and oxygen atoms in total. The number of rotatable bonds is 7. The lowest BCUT2D eigenvalue weighted by Crippen LogP contribution is -2.29. The lowest BCUT2D eigenvalue weighted by atomic mass is 10.0. The van der Waals surface area contributed by atoms with Crippen LogP contribution in [0, 0.1) is 0 Å². The maximum absolute atomic E-state index is 10.4. The number of carbonyl (C=O) groups is 1. The van der Waals surface area contributed by atoms with Crippen LogP contribution in [0.2, 0.25) is 0 Å². The second kappa shape index (κ2) is 6.57. The Morgan fingerprint density at radius 2 is 2.37 bits per heavy atom. The van der Waals surface area contributed by atoms with E-state index in [1.165, 1.54) is 16.8 Å². The zero-order chi connectivity index (χ0) is 13.7. The molecule has 0 amide bonds. The second-order valence-electron chi connectivity index (χ2n) is 5.22. The SMILES string of the molecule is CC(Cc1ccc2c(c1)CCN2)NCCCC(=O)O. The molecule has 1 aliphatic heterocycles. The molecule has 1 aromatic carbocycles. The van der Waals surface area contributed by atoms with E-state index >= 15 is 0 Å². The molecule has 3 N–H and O–H groups in total. The summed E-state index contributed by atoms with van der Waals surface area (Å²) in [5.74, 6) is -0.722. The number of hydrogen-bond donors (Lipinski definition) is 3. The van der Waals surface area contributed by atoms with Crippen molar-refractivity contribution in [3.63, 3.8) is 0 Å². The van der Waals surface area contributed by atoms with E-state index in [0.717, 1.165) is 25.9 Å². The molecule has 2 rings (SSSR count). The summed E-state index contributed by atoms with van der Waals surface area (Å²) in [5.41, 5.74) is 4.03. The van der Waals surface area contributed by atoms with Gasteiger partial charge in [-0.15, -0.1) is 0 Å². The number of benzene rings is 1. The van der Waals surface area contributed by atoms with E-state index in [9.17, 15) is 4.79 Å². The molecule has 0 radical (unpaired) electrons. The lowest BCUT2D eigenvalue weighted by molar-refractivity contribution is -0.137.